The van der Waals surface area contributed by atoms with Gasteiger partial charge in [-0.3, -0.25) is 9.20 Å². The van der Waals surface area contributed by atoms with E-state index in [1.165, 1.54) is 11.8 Å². The van der Waals surface area contributed by atoms with Crippen LogP contribution in [0, 0.1) is 6.92 Å². The number of nitrogens with one attached hydrogen (secondary N) is 1. The number of amides is 1. The predicted molar refractivity (Wildman–Crippen MR) is 123 cm³/mol. The molecule has 0 radical (unpaired) electrons. The fraction of sp³-hybridized carbons (Fsp3) is 0.130. The number of benzene rings is 2. The molecule has 5 aromatic rings. The summed E-state index contributed by atoms with van der Waals surface area (Å²) in [4.78, 5) is 17.4. The fourth-order valence-corrected chi connectivity index (χ4v) is 4.19. The Morgan fingerprint density at radius 1 is 1.16 bits per heavy atom. The lowest BCUT2D eigenvalue weighted by molar-refractivity contribution is -0.113. The van der Waals surface area contributed by atoms with E-state index in [0.29, 0.717) is 33.8 Å². The molecular formula is C23H19N5O3S. The molecule has 1 amide bonds. The van der Waals surface area contributed by atoms with Gasteiger partial charge >= 0.3 is 0 Å². The lowest BCUT2D eigenvalue weighted by atomic mass is 10.2. The van der Waals surface area contributed by atoms with Gasteiger partial charge in [-0.2, -0.15) is 0 Å². The van der Waals surface area contributed by atoms with Gasteiger partial charge in [0.2, 0.25) is 5.91 Å². The Morgan fingerprint density at radius 3 is 2.84 bits per heavy atom. The first kappa shape index (κ1) is 20.1. The molecule has 0 aliphatic carbocycles. The fourth-order valence-electron chi connectivity index (χ4n) is 3.46. The topological polar surface area (TPSA) is 94.5 Å². The average Bonchev–Trinajstić information content (AvgIpc) is 3.48. The van der Waals surface area contributed by atoms with Gasteiger partial charge in [0, 0.05) is 5.39 Å². The summed E-state index contributed by atoms with van der Waals surface area (Å²) in [6.07, 6.45) is 1.60. The second-order valence-electron chi connectivity index (χ2n) is 7.11. The van der Waals surface area contributed by atoms with E-state index in [0.717, 1.165) is 16.5 Å². The van der Waals surface area contributed by atoms with Crippen molar-refractivity contribution in [1.29, 1.82) is 0 Å². The number of aryl methyl sites for hydroxylation is 1. The molecule has 0 aliphatic heterocycles. The Bertz CT molecular complexity index is 1430. The molecule has 0 unspecified atom stereocenters. The van der Waals surface area contributed by atoms with Crippen LogP contribution >= 0.6 is 11.8 Å². The van der Waals surface area contributed by atoms with E-state index >= 15 is 0 Å². The molecule has 0 atom stereocenters. The molecule has 0 saturated heterocycles. The van der Waals surface area contributed by atoms with Crippen LogP contribution in [0.15, 0.2) is 70.4 Å². The molecule has 160 valence electrons. The van der Waals surface area contributed by atoms with Gasteiger partial charge in [-0.15, -0.1) is 10.2 Å². The largest absolute Gasteiger partial charge is 0.495 e. The highest BCUT2D eigenvalue weighted by molar-refractivity contribution is 7.99. The number of hydrogen-bond acceptors (Lipinski definition) is 7. The van der Waals surface area contributed by atoms with Crippen LogP contribution in [0.5, 0.6) is 5.75 Å². The Hall–Kier alpha value is -3.85. The molecule has 0 fully saturated rings. The van der Waals surface area contributed by atoms with E-state index in [-0.39, 0.29) is 11.7 Å². The highest BCUT2D eigenvalue weighted by Gasteiger charge is 2.19. The van der Waals surface area contributed by atoms with Crippen LogP contribution in [0.1, 0.15) is 5.56 Å². The molecule has 9 heteroatoms. The SMILES string of the molecule is COc1ccc(C)cc1NC(=O)CSc1nnc2c3ccccc3nc(-c3ccco3)n12. The van der Waals surface area contributed by atoms with Crippen molar-refractivity contribution < 1.29 is 13.9 Å². The lowest BCUT2D eigenvalue weighted by Crippen LogP contribution is -2.15. The van der Waals surface area contributed by atoms with Gasteiger partial charge in [-0.05, 0) is 48.9 Å². The first-order chi connectivity index (χ1) is 15.6. The van der Waals surface area contributed by atoms with Crippen LogP contribution in [-0.2, 0) is 4.79 Å². The molecule has 5 rings (SSSR count). The summed E-state index contributed by atoms with van der Waals surface area (Å²) in [5, 5.41) is 13.0. The molecule has 0 bridgehead atoms. The highest BCUT2D eigenvalue weighted by atomic mass is 32.2. The molecule has 3 aromatic heterocycles. The van der Waals surface area contributed by atoms with E-state index in [4.69, 9.17) is 14.1 Å². The summed E-state index contributed by atoms with van der Waals surface area (Å²) in [6.45, 7) is 1.96. The van der Waals surface area contributed by atoms with E-state index in [2.05, 4.69) is 15.5 Å². The third-order valence-electron chi connectivity index (χ3n) is 4.92. The number of thioether (sulfide) groups is 1. The van der Waals surface area contributed by atoms with Crippen LogP contribution in [0.2, 0.25) is 0 Å². The minimum atomic E-state index is -0.177. The Kier molecular flexibility index (Phi) is 5.24. The van der Waals surface area contributed by atoms with Crippen LogP contribution < -0.4 is 10.1 Å². The van der Waals surface area contributed by atoms with E-state index in [1.54, 1.807) is 19.4 Å². The molecule has 0 aliphatic rings. The van der Waals surface area contributed by atoms with E-state index < -0.39 is 0 Å². The van der Waals surface area contributed by atoms with Gasteiger partial charge in [-0.1, -0.05) is 30.0 Å². The number of ether oxygens (including phenoxy) is 1. The normalized spacial score (nSPS) is 11.2. The van der Waals surface area contributed by atoms with Crippen molar-refractivity contribution in [2.45, 2.75) is 12.1 Å². The molecular weight excluding hydrogens is 426 g/mol. The molecule has 3 heterocycles. The van der Waals surface area contributed by atoms with Crippen molar-refractivity contribution in [3.05, 3.63) is 66.4 Å². The number of hydrogen-bond donors (Lipinski definition) is 1. The first-order valence-corrected chi connectivity index (χ1v) is 10.9. The maximum absolute atomic E-state index is 12.7. The second kappa shape index (κ2) is 8.35. The zero-order chi connectivity index (χ0) is 22.1. The number of rotatable bonds is 6. The van der Waals surface area contributed by atoms with Crippen molar-refractivity contribution in [2.24, 2.45) is 0 Å². The average molecular weight is 446 g/mol. The number of nitrogens with zero attached hydrogens (tertiary/aromatic N) is 4. The number of furan rings is 1. The van der Waals surface area contributed by atoms with Crippen molar-refractivity contribution in [1.82, 2.24) is 19.6 Å². The van der Waals surface area contributed by atoms with Crippen molar-refractivity contribution in [2.75, 3.05) is 18.2 Å². The summed E-state index contributed by atoms with van der Waals surface area (Å²) in [7, 11) is 1.57. The number of methoxy groups -OCH3 is 1. The van der Waals surface area contributed by atoms with E-state index in [1.807, 2.05) is 59.9 Å². The minimum absolute atomic E-state index is 0.141. The second-order valence-corrected chi connectivity index (χ2v) is 8.05. The maximum Gasteiger partial charge on any atom is 0.234 e. The monoisotopic (exact) mass is 445 g/mol. The summed E-state index contributed by atoms with van der Waals surface area (Å²) < 4.78 is 12.8. The standard InChI is InChI=1S/C23H19N5O3S/c1-14-9-10-18(30-2)17(12-14)24-20(29)13-32-23-27-26-21-15-6-3-4-7-16(15)25-22(28(21)23)19-8-5-11-31-19/h3-12H,13H2,1-2H3,(H,24,29). The summed E-state index contributed by atoms with van der Waals surface area (Å²) >= 11 is 1.28. The van der Waals surface area contributed by atoms with Crippen LogP contribution in [0.3, 0.4) is 0 Å². The van der Waals surface area contributed by atoms with Crippen molar-refractivity contribution in [3.63, 3.8) is 0 Å². The molecule has 8 nitrogen and oxygen atoms in total. The van der Waals surface area contributed by atoms with Gasteiger partial charge < -0.3 is 14.5 Å². The number of fused-ring (bicyclic) bond motifs is 3. The molecule has 32 heavy (non-hydrogen) atoms. The number of para-hydroxylation sites is 1. The van der Waals surface area contributed by atoms with Crippen LogP contribution in [-0.4, -0.2) is 38.4 Å². The van der Waals surface area contributed by atoms with Gasteiger partial charge in [-0.25, -0.2) is 4.98 Å². The summed E-state index contributed by atoms with van der Waals surface area (Å²) in [6, 6.07) is 17.0. The highest BCUT2D eigenvalue weighted by Crippen LogP contribution is 2.30. The zero-order valence-electron chi connectivity index (χ0n) is 17.4. The number of anilines is 1. The van der Waals surface area contributed by atoms with Gasteiger partial charge in [0.05, 0.1) is 30.3 Å². The van der Waals surface area contributed by atoms with Crippen molar-refractivity contribution >= 4 is 39.9 Å². The first-order valence-electron chi connectivity index (χ1n) is 9.89. The third-order valence-corrected chi connectivity index (χ3v) is 5.85. The molecule has 1 N–H and O–H groups in total. The van der Waals surface area contributed by atoms with Crippen LogP contribution in [0.25, 0.3) is 28.1 Å². The maximum atomic E-state index is 12.7. The van der Waals surface area contributed by atoms with Gasteiger partial charge in [0.1, 0.15) is 5.75 Å². The molecule has 0 spiro atoms. The quantitative estimate of drug-likeness (QED) is 0.382. The minimum Gasteiger partial charge on any atom is -0.495 e. The summed E-state index contributed by atoms with van der Waals surface area (Å²) in [5.41, 5.74) is 3.11. The lowest BCUT2D eigenvalue weighted by Gasteiger charge is -2.11. The number of aromatic nitrogens is 4. The Balaban J connectivity index is 1.47. The number of carbonyl (C=O) groups is 1. The van der Waals surface area contributed by atoms with Crippen molar-refractivity contribution in [3.8, 4) is 17.3 Å². The van der Waals surface area contributed by atoms with E-state index in [9.17, 15) is 4.79 Å². The molecule has 2 aromatic carbocycles. The third kappa shape index (κ3) is 3.67. The predicted octanol–water partition coefficient (Wildman–Crippen LogP) is 4.59. The van der Waals surface area contributed by atoms with Gasteiger partial charge in [0.15, 0.2) is 22.4 Å². The number of carbonyl (C=O) groups excluding carboxylic acids is 1. The smallest absolute Gasteiger partial charge is 0.234 e. The molecule has 0 saturated carbocycles. The Labute approximate surface area is 187 Å². The van der Waals surface area contributed by atoms with Gasteiger partial charge in [0.25, 0.3) is 0 Å². The van der Waals surface area contributed by atoms with Crippen LogP contribution in [0.4, 0.5) is 5.69 Å². The zero-order valence-corrected chi connectivity index (χ0v) is 18.2. The summed E-state index contributed by atoms with van der Waals surface area (Å²) in [5.74, 6) is 1.75. The Morgan fingerprint density at radius 2 is 2.03 bits per heavy atom.